The highest BCUT2D eigenvalue weighted by Gasteiger charge is 2.28. The summed E-state index contributed by atoms with van der Waals surface area (Å²) in [6.07, 6.45) is -4.60. The zero-order valence-corrected chi connectivity index (χ0v) is 16.7. The third-order valence-corrected chi connectivity index (χ3v) is 5.05. The van der Waals surface area contributed by atoms with E-state index in [4.69, 9.17) is 4.74 Å². The number of thiazole rings is 1. The second kappa shape index (κ2) is 10.3. The van der Waals surface area contributed by atoms with Crippen LogP contribution < -0.4 is 10.6 Å². The van der Waals surface area contributed by atoms with Crippen LogP contribution in [0.2, 0.25) is 0 Å². The molecule has 7 nitrogen and oxygen atoms in total. The molecular weight excluding hydrogens is 431 g/mol. The van der Waals surface area contributed by atoms with E-state index in [0.717, 1.165) is 15.6 Å². The van der Waals surface area contributed by atoms with Gasteiger partial charge in [0.05, 0.1) is 16.3 Å². The first kappa shape index (κ1) is 22.7. The Bertz CT molecular complexity index is 870. The first-order valence-electron chi connectivity index (χ1n) is 8.08. The molecule has 0 atom stereocenters. The summed E-state index contributed by atoms with van der Waals surface area (Å²) in [5.74, 6) is -1.17. The zero-order chi connectivity index (χ0) is 21.4. The highest BCUT2D eigenvalue weighted by atomic mass is 32.2. The van der Waals surface area contributed by atoms with Gasteiger partial charge in [-0.15, -0.1) is 23.1 Å². The fourth-order valence-electron chi connectivity index (χ4n) is 1.92. The summed E-state index contributed by atoms with van der Waals surface area (Å²) in [5, 5.41) is 6.05. The van der Waals surface area contributed by atoms with Crippen LogP contribution in [0.3, 0.4) is 0 Å². The molecule has 0 fully saturated rings. The van der Waals surface area contributed by atoms with Crippen molar-refractivity contribution in [2.45, 2.75) is 23.7 Å². The number of amides is 3. The van der Waals surface area contributed by atoms with E-state index in [1.54, 1.807) is 40.5 Å². The number of urea groups is 1. The fraction of sp³-hybridized carbons (Fsp3) is 0.294. The lowest BCUT2D eigenvalue weighted by Gasteiger charge is -2.09. The minimum atomic E-state index is -4.60. The molecule has 1 heterocycles. The number of aromatic nitrogens is 1. The summed E-state index contributed by atoms with van der Waals surface area (Å²) in [5.41, 5.74) is 1.15. The molecule has 2 N–H and O–H groups in total. The molecule has 0 aliphatic rings. The molecule has 156 valence electrons. The van der Waals surface area contributed by atoms with Crippen molar-refractivity contribution in [3.05, 3.63) is 45.9 Å². The molecule has 2 rings (SSSR count). The number of hydrogen-bond donors (Lipinski definition) is 2. The number of alkyl halides is 3. The number of nitrogens with zero attached hydrogens (tertiary/aromatic N) is 1. The molecule has 0 aliphatic heterocycles. The quantitative estimate of drug-likeness (QED) is 0.499. The minimum absolute atomic E-state index is 0.188. The summed E-state index contributed by atoms with van der Waals surface area (Å²) in [6, 6.07) is 5.13. The van der Waals surface area contributed by atoms with Gasteiger partial charge in [-0.2, -0.15) is 13.2 Å². The molecule has 0 aliphatic carbocycles. The number of carbonyl (C=O) groups is 3. The summed E-state index contributed by atoms with van der Waals surface area (Å²) in [4.78, 5) is 39.8. The molecule has 0 radical (unpaired) electrons. The summed E-state index contributed by atoms with van der Waals surface area (Å²) < 4.78 is 40.6. The number of aryl methyl sites for hydroxylation is 1. The first-order valence-corrected chi connectivity index (χ1v) is 9.94. The van der Waals surface area contributed by atoms with Crippen LogP contribution in [-0.4, -0.2) is 42.2 Å². The van der Waals surface area contributed by atoms with Crippen molar-refractivity contribution >= 4 is 41.0 Å². The number of nitrogens with one attached hydrogen (secondary N) is 2. The molecule has 0 saturated heterocycles. The molecule has 0 unspecified atom stereocenters. The van der Waals surface area contributed by atoms with E-state index in [-0.39, 0.29) is 5.56 Å². The average molecular weight is 447 g/mol. The van der Waals surface area contributed by atoms with Crippen molar-refractivity contribution in [2.24, 2.45) is 0 Å². The van der Waals surface area contributed by atoms with Crippen LogP contribution in [0.4, 0.5) is 18.0 Å². The minimum Gasteiger partial charge on any atom is -0.452 e. The maximum atomic E-state index is 12.0. The zero-order valence-electron chi connectivity index (χ0n) is 15.0. The van der Waals surface area contributed by atoms with E-state index >= 15 is 0 Å². The van der Waals surface area contributed by atoms with E-state index in [0.29, 0.717) is 5.75 Å². The fourth-order valence-corrected chi connectivity index (χ4v) is 3.43. The molecule has 1 aromatic carbocycles. The number of hydrogen-bond acceptors (Lipinski definition) is 7. The van der Waals surface area contributed by atoms with Crippen LogP contribution in [0.15, 0.2) is 34.5 Å². The Balaban J connectivity index is 1.74. The predicted octanol–water partition coefficient (Wildman–Crippen LogP) is 3.29. The van der Waals surface area contributed by atoms with Crippen LogP contribution in [0.5, 0.6) is 0 Å². The van der Waals surface area contributed by atoms with Gasteiger partial charge in [0.2, 0.25) is 0 Å². The second-order valence-electron chi connectivity index (χ2n) is 5.59. The summed E-state index contributed by atoms with van der Waals surface area (Å²) in [7, 11) is 0. The van der Waals surface area contributed by atoms with E-state index in [1.165, 1.54) is 17.4 Å². The lowest BCUT2D eigenvalue weighted by atomic mass is 10.2. The van der Waals surface area contributed by atoms with E-state index in [9.17, 15) is 27.6 Å². The van der Waals surface area contributed by atoms with Gasteiger partial charge in [0.15, 0.2) is 6.61 Å². The monoisotopic (exact) mass is 447 g/mol. The first-order chi connectivity index (χ1) is 13.6. The van der Waals surface area contributed by atoms with Crippen LogP contribution in [-0.2, 0) is 15.3 Å². The normalized spacial score (nSPS) is 11.0. The molecule has 0 bridgehead atoms. The molecule has 0 saturated carbocycles. The van der Waals surface area contributed by atoms with Crippen molar-refractivity contribution < 1.29 is 32.3 Å². The molecule has 2 aromatic rings. The lowest BCUT2D eigenvalue weighted by Crippen LogP contribution is -2.44. The third-order valence-electron chi connectivity index (χ3n) is 3.18. The van der Waals surface area contributed by atoms with Gasteiger partial charge in [-0.25, -0.2) is 14.6 Å². The number of imide groups is 1. The predicted molar refractivity (Wildman–Crippen MR) is 101 cm³/mol. The van der Waals surface area contributed by atoms with Gasteiger partial charge in [0.25, 0.3) is 5.91 Å². The number of esters is 1. The smallest absolute Gasteiger partial charge is 0.405 e. The Morgan fingerprint density at radius 2 is 1.90 bits per heavy atom. The maximum absolute atomic E-state index is 12.0. The largest absolute Gasteiger partial charge is 0.452 e. The molecular formula is C17H16F3N3O4S2. The Labute approximate surface area is 172 Å². The number of ether oxygens (including phenoxy) is 1. The van der Waals surface area contributed by atoms with Crippen LogP contribution in [0.25, 0.3) is 0 Å². The van der Waals surface area contributed by atoms with Gasteiger partial charge in [0.1, 0.15) is 6.54 Å². The highest BCUT2D eigenvalue weighted by Crippen LogP contribution is 2.24. The molecule has 1 aromatic heterocycles. The number of carbonyl (C=O) groups excluding carboxylic acids is 3. The van der Waals surface area contributed by atoms with Gasteiger partial charge in [0, 0.05) is 16.0 Å². The summed E-state index contributed by atoms with van der Waals surface area (Å²) in [6.45, 7) is -0.468. The number of halogens is 3. The van der Waals surface area contributed by atoms with Crippen LogP contribution >= 0.6 is 23.1 Å². The third kappa shape index (κ3) is 8.52. The molecule has 29 heavy (non-hydrogen) atoms. The van der Waals surface area contributed by atoms with Gasteiger partial charge in [-0.3, -0.25) is 10.1 Å². The molecule has 0 spiro atoms. The van der Waals surface area contributed by atoms with Gasteiger partial charge in [-0.05, 0) is 31.2 Å². The van der Waals surface area contributed by atoms with Crippen LogP contribution in [0.1, 0.15) is 21.1 Å². The Kier molecular flexibility index (Phi) is 8.02. The van der Waals surface area contributed by atoms with Crippen molar-refractivity contribution in [3.63, 3.8) is 0 Å². The Morgan fingerprint density at radius 3 is 2.48 bits per heavy atom. The standard InChI is InChI=1S/C17H16F3N3O4S2/c1-10-22-12(7-28-10)8-29-13-4-2-11(3-5-13)15(25)27-6-14(24)23-16(26)21-9-17(18,19)20/h2-5,7H,6,8-9H2,1H3,(H2,21,23,24,26). The van der Waals surface area contributed by atoms with Crippen LogP contribution in [0, 0.1) is 6.92 Å². The van der Waals surface area contributed by atoms with E-state index < -0.39 is 37.2 Å². The number of thioether (sulfide) groups is 1. The van der Waals surface area contributed by atoms with E-state index in [1.807, 2.05) is 12.3 Å². The molecule has 3 amide bonds. The SMILES string of the molecule is Cc1nc(CSc2ccc(C(=O)OCC(=O)NC(=O)NCC(F)(F)F)cc2)cs1. The number of benzene rings is 1. The van der Waals surface area contributed by atoms with Crippen molar-refractivity contribution in [2.75, 3.05) is 13.2 Å². The topological polar surface area (TPSA) is 97.4 Å². The van der Waals surface area contributed by atoms with Gasteiger partial charge < -0.3 is 10.1 Å². The maximum Gasteiger partial charge on any atom is 0.405 e. The average Bonchev–Trinajstić information content (AvgIpc) is 3.08. The molecule has 12 heteroatoms. The lowest BCUT2D eigenvalue weighted by molar-refractivity contribution is -0.125. The van der Waals surface area contributed by atoms with E-state index in [2.05, 4.69) is 4.98 Å². The van der Waals surface area contributed by atoms with Crippen molar-refractivity contribution in [3.8, 4) is 0 Å². The number of rotatable bonds is 7. The highest BCUT2D eigenvalue weighted by molar-refractivity contribution is 7.98. The van der Waals surface area contributed by atoms with Crippen molar-refractivity contribution in [1.29, 1.82) is 0 Å². The van der Waals surface area contributed by atoms with Gasteiger partial charge in [-0.1, -0.05) is 0 Å². The van der Waals surface area contributed by atoms with Crippen molar-refractivity contribution in [1.82, 2.24) is 15.6 Å². The summed E-state index contributed by atoms with van der Waals surface area (Å²) >= 11 is 3.11. The van der Waals surface area contributed by atoms with Gasteiger partial charge >= 0.3 is 18.2 Å². The Hall–Kier alpha value is -2.60. The Morgan fingerprint density at radius 1 is 1.21 bits per heavy atom. The second-order valence-corrected chi connectivity index (χ2v) is 7.70.